The van der Waals surface area contributed by atoms with Gasteiger partial charge in [0.15, 0.2) is 0 Å². The van der Waals surface area contributed by atoms with Crippen molar-refractivity contribution >= 4 is 98.0 Å². The number of para-hydroxylation sites is 2. The van der Waals surface area contributed by atoms with E-state index in [1.165, 1.54) is 98.1 Å². The molecule has 54 heavy (non-hydrogen) atoms. The van der Waals surface area contributed by atoms with Gasteiger partial charge in [0, 0.05) is 54.4 Å². The van der Waals surface area contributed by atoms with Gasteiger partial charge in [-0.1, -0.05) is 123 Å². The predicted octanol–water partition coefficient (Wildman–Crippen LogP) is 13.8. The Labute approximate surface area is 311 Å². The Bertz CT molecular complexity index is 3380. The molecule has 6 bridgehead atoms. The molecule has 3 heteroatoms. The number of rotatable bonds is 1. The molecule has 0 amide bonds. The van der Waals surface area contributed by atoms with Gasteiger partial charge < -0.3 is 13.4 Å². The van der Waals surface area contributed by atoms with Crippen molar-refractivity contribution in [2.45, 2.75) is 33.1 Å². The number of hydrogen-bond acceptors (Lipinski definition) is 0. The molecule has 12 rings (SSSR count). The van der Waals surface area contributed by atoms with Crippen LogP contribution in [0.5, 0.6) is 0 Å². The topological polar surface area (TPSA) is 13.8 Å². The van der Waals surface area contributed by atoms with Crippen molar-refractivity contribution in [3.8, 4) is 5.69 Å². The van der Waals surface area contributed by atoms with E-state index in [9.17, 15) is 0 Å². The van der Waals surface area contributed by atoms with Gasteiger partial charge in [-0.15, -0.1) is 0 Å². The zero-order valence-electron chi connectivity index (χ0n) is 30.8. The first-order valence-corrected chi connectivity index (χ1v) is 19.0. The molecule has 3 heterocycles. The number of benzene rings is 9. The van der Waals surface area contributed by atoms with Gasteiger partial charge >= 0.3 is 0 Å². The lowest BCUT2D eigenvalue weighted by Gasteiger charge is -2.22. The smallest absolute Gasteiger partial charge is 0.0562 e. The Morgan fingerprint density at radius 3 is 1.37 bits per heavy atom. The molecule has 0 aliphatic rings. The first-order valence-electron chi connectivity index (χ1n) is 19.0. The molecule has 0 fully saturated rings. The van der Waals surface area contributed by atoms with Crippen LogP contribution in [0.25, 0.3) is 104 Å². The Kier molecular flexibility index (Phi) is 5.71. The van der Waals surface area contributed by atoms with Crippen LogP contribution in [0.15, 0.2) is 152 Å². The van der Waals surface area contributed by atoms with Crippen molar-refractivity contribution in [2.75, 3.05) is 0 Å². The highest BCUT2D eigenvalue weighted by atomic mass is 15.0. The van der Waals surface area contributed by atoms with Crippen LogP contribution < -0.4 is 0 Å². The van der Waals surface area contributed by atoms with Gasteiger partial charge in [0.1, 0.15) is 0 Å². The highest BCUT2D eigenvalue weighted by Gasteiger charge is 2.21. The van der Waals surface area contributed by atoms with E-state index in [1.807, 2.05) is 0 Å². The number of aromatic nitrogens is 3. The van der Waals surface area contributed by atoms with Crippen molar-refractivity contribution in [1.29, 1.82) is 0 Å². The Morgan fingerprint density at radius 1 is 0.389 bits per heavy atom. The first kappa shape index (κ1) is 29.9. The molecule has 0 radical (unpaired) electrons. The van der Waals surface area contributed by atoms with Crippen LogP contribution in [0.2, 0.25) is 0 Å². The third-order valence-electron chi connectivity index (χ3n) is 12.1. The maximum Gasteiger partial charge on any atom is 0.0562 e. The van der Waals surface area contributed by atoms with Crippen molar-refractivity contribution in [2.24, 2.45) is 0 Å². The van der Waals surface area contributed by atoms with E-state index in [0.717, 1.165) is 16.7 Å². The summed E-state index contributed by atoms with van der Waals surface area (Å²) in [6, 6.07) is 57.6. The largest absolute Gasteiger partial charge is 0.310 e. The fourth-order valence-corrected chi connectivity index (χ4v) is 9.54. The van der Waals surface area contributed by atoms with Crippen LogP contribution in [-0.4, -0.2) is 13.4 Å². The van der Waals surface area contributed by atoms with Gasteiger partial charge in [-0.2, -0.15) is 0 Å². The number of fused-ring (bicyclic) bond motifs is 14. The summed E-state index contributed by atoms with van der Waals surface area (Å²) >= 11 is 0. The molecule has 0 aliphatic heterocycles. The van der Waals surface area contributed by atoms with E-state index >= 15 is 0 Å². The SMILES string of the molecule is Cc1ccc(-n2c3ccc4c5ccccc5n(c4c3)c3cc(c4ccc5cc(C(C)(C)C)cc6ccc3c4c65)n3c4ccccc4c4ccc2cc43)cc1. The van der Waals surface area contributed by atoms with Crippen LogP contribution in [0, 0.1) is 6.92 Å². The Hall–Kier alpha value is -6.58. The van der Waals surface area contributed by atoms with E-state index in [0.29, 0.717) is 0 Å². The van der Waals surface area contributed by atoms with Gasteiger partial charge in [-0.3, -0.25) is 0 Å². The molecule has 12 aromatic rings. The second-order valence-corrected chi connectivity index (χ2v) is 16.3. The molecular formula is C51H37N3. The monoisotopic (exact) mass is 691 g/mol. The van der Waals surface area contributed by atoms with Gasteiger partial charge in [0.2, 0.25) is 0 Å². The van der Waals surface area contributed by atoms with Crippen molar-refractivity contribution in [3.63, 3.8) is 0 Å². The van der Waals surface area contributed by atoms with E-state index in [2.05, 4.69) is 193 Å². The summed E-state index contributed by atoms with van der Waals surface area (Å²) in [6.45, 7) is 9.09. The number of nitrogens with zero attached hydrogens (tertiary/aromatic N) is 3. The minimum atomic E-state index is 0.0440. The first-order chi connectivity index (χ1) is 26.3. The van der Waals surface area contributed by atoms with Crippen LogP contribution >= 0.6 is 0 Å². The van der Waals surface area contributed by atoms with Crippen LogP contribution in [0.3, 0.4) is 0 Å². The third-order valence-corrected chi connectivity index (χ3v) is 12.1. The standard InChI is InChI=1S/C51H37N3/c1-30-13-17-34(18-14-30)52-35-19-23-39-37-9-5-7-11-43(37)53(45(39)27-35)47-29-48(54-44-12-8-6-10-38(44)40-24-20-36(52)28-46(40)54)42-22-16-32-26-33(51(2,3)4)25-31-15-21-41(47)50(42)49(31)32/h5-29H,1-4H3. The molecule has 0 atom stereocenters. The predicted molar refractivity (Wildman–Crippen MR) is 231 cm³/mol. The molecular weight excluding hydrogens is 655 g/mol. The molecule has 0 unspecified atom stereocenters. The van der Waals surface area contributed by atoms with Crippen LogP contribution in [-0.2, 0) is 5.41 Å². The average Bonchev–Trinajstić information content (AvgIpc) is 3.69. The van der Waals surface area contributed by atoms with Gasteiger partial charge in [0.05, 0.1) is 33.1 Å². The van der Waals surface area contributed by atoms with Gasteiger partial charge in [0.25, 0.3) is 0 Å². The average molecular weight is 692 g/mol. The summed E-state index contributed by atoms with van der Waals surface area (Å²) in [5, 5.41) is 12.8. The molecule has 256 valence electrons. The van der Waals surface area contributed by atoms with Crippen molar-refractivity contribution in [1.82, 2.24) is 13.4 Å². The molecule has 0 aliphatic carbocycles. The zero-order chi connectivity index (χ0) is 36.0. The van der Waals surface area contributed by atoms with E-state index < -0.39 is 0 Å². The van der Waals surface area contributed by atoms with Crippen molar-refractivity contribution in [3.05, 3.63) is 163 Å². The van der Waals surface area contributed by atoms with Crippen molar-refractivity contribution < 1.29 is 0 Å². The maximum absolute atomic E-state index is 2.54. The molecule has 0 N–H and O–H groups in total. The van der Waals surface area contributed by atoms with E-state index in [-0.39, 0.29) is 5.41 Å². The van der Waals surface area contributed by atoms with E-state index in [4.69, 9.17) is 0 Å². The quantitative estimate of drug-likeness (QED) is 0.152. The molecule has 0 saturated carbocycles. The summed E-state index contributed by atoms with van der Waals surface area (Å²) in [5.41, 5.74) is 13.2. The second-order valence-electron chi connectivity index (χ2n) is 16.3. The van der Waals surface area contributed by atoms with E-state index in [1.54, 1.807) is 0 Å². The zero-order valence-corrected chi connectivity index (χ0v) is 30.8. The highest BCUT2D eigenvalue weighted by molar-refractivity contribution is 6.30. The molecule has 3 aromatic heterocycles. The molecule has 3 nitrogen and oxygen atoms in total. The summed E-state index contributed by atoms with van der Waals surface area (Å²) in [4.78, 5) is 0. The minimum Gasteiger partial charge on any atom is -0.310 e. The fourth-order valence-electron chi connectivity index (χ4n) is 9.54. The summed E-state index contributed by atoms with van der Waals surface area (Å²) in [5.74, 6) is 0. The summed E-state index contributed by atoms with van der Waals surface area (Å²) in [6.07, 6.45) is 0. The Morgan fingerprint density at radius 2 is 0.852 bits per heavy atom. The molecule has 9 aromatic carbocycles. The number of aryl methyl sites for hydroxylation is 1. The Balaban J connectivity index is 1.44. The normalized spacial score (nSPS) is 12.8. The minimum absolute atomic E-state index is 0.0440. The molecule has 0 spiro atoms. The third kappa shape index (κ3) is 3.91. The van der Waals surface area contributed by atoms with Crippen LogP contribution in [0.1, 0.15) is 31.9 Å². The summed E-state index contributed by atoms with van der Waals surface area (Å²) in [7, 11) is 0. The fraction of sp³-hybridized carbons (Fsp3) is 0.0980. The lowest BCUT2D eigenvalue weighted by molar-refractivity contribution is 0.591. The van der Waals surface area contributed by atoms with Gasteiger partial charge in [-0.05, 0) is 88.7 Å². The van der Waals surface area contributed by atoms with Gasteiger partial charge in [-0.25, -0.2) is 0 Å². The lowest BCUT2D eigenvalue weighted by Crippen LogP contribution is -2.10. The molecule has 0 saturated heterocycles. The number of hydrogen-bond donors (Lipinski definition) is 0. The second kappa shape index (κ2) is 10.3. The highest BCUT2D eigenvalue weighted by Crippen LogP contribution is 2.43. The lowest BCUT2D eigenvalue weighted by atomic mass is 9.83. The summed E-state index contributed by atoms with van der Waals surface area (Å²) < 4.78 is 7.50. The van der Waals surface area contributed by atoms with Crippen LogP contribution in [0.4, 0.5) is 0 Å². The maximum atomic E-state index is 2.54.